The van der Waals surface area contributed by atoms with Gasteiger partial charge < -0.3 is 10.2 Å². The number of aryl methyl sites for hydroxylation is 1. The summed E-state index contributed by atoms with van der Waals surface area (Å²) in [5.41, 5.74) is 6.87. The summed E-state index contributed by atoms with van der Waals surface area (Å²) in [7, 11) is 0. The molecule has 17 heavy (non-hydrogen) atoms. The summed E-state index contributed by atoms with van der Waals surface area (Å²) in [6, 6.07) is 1.56. The average Bonchev–Trinajstić information content (AvgIpc) is 2.89. The van der Waals surface area contributed by atoms with Crippen molar-refractivity contribution >= 4 is 11.6 Å². The Morgan fingerprint density at radius 1 is 1.59 bits per heavy atom. The maximum atomic E-state index is 6.07. The second-order valence-corrected chi connectivity index (χ2v) is 4.20. The van der Waals surface area contributed by atoms with Gasteiger partial charge in [-0.05, 0) is 24.1 Å². The molecular weight excluding hydrogens is 240 g/mol. The fourth-order valence-corrected chi connectivity index (χ4v) is 1.98. The summed E-state index contributed by atoms with van der Waals surface area (Å²) in [4.78, 5) is 4.21. The lowest BCUT2D eigenvalue weighted by molar-refractivity contribution is 0.539. The number of furan rings is 1. The molecule has 0 saturated heterocycles. The Morgan fingerprint density at radius 3 is 3.06 bits per heavy atom. The molecule has 1 unspecified atom stereocenters. The number of hydrogen-bond donors (Lipinski definition) is 1. The Balaban J connectivity index is 2.10. The van der Waals surface area contributed by atoms with Crippen LogP contribution in [-0.2, 0) is 13.0 Å². The van der Waals surface area contributed by atoms with Gasteiger partial charge in [-0.3, -0.25) is 4.68 Å². The van der Waals surface area contributed by atoms with Crippen molar-refractivity contribution in [2.45, 2.75) is 32.4 Å². The quantitative estimate of drug-likeness (QED) is 0.888. The van der Waals surface area contributed by atoms with E-state index in [1.54, 1.807) is 12.4 Å². The lowest BCUT2D eigenvalue weighted by Crippen LogP contribution is -2.17. The highest BCUT2D eigenvalue weighted by molar-refractivity contribution is 6.29. The zero-order chi connectivity index (χ0) is 12.3. The van der Waals surface area contributed by atoms with E-state index in [1.807, 2.05) is 4.68 Å². The van der Waals surface area contributed by atoms with Crippen molar-refractivity contribution in [3.8, 4) is 0 Å². The van der Waals surface area contributed by atoms with Gasteiger partial charge >= 0.3 is 0 Å². The molecule has 0 saturated carbocycles. The maximum absolute atomic E-state index is 6.07. The van der Waals surface area contributed by atoms with Gasteiger partial charge in [0.1, 0.15) is 12.2 Å². The largest absolute Gasteiger partial charge is 0.453 e. The molecule has 0 aliphatic carbocycles. The van der Waals surface area contributed by atoms with Gasteiger partial charge in [0.15, 0.2) is 5.22 Å². The Hall–Kier alpha value is -1.33. The highest BCUT2D eigenvalue weighted by atomic mass is 35.5. The van der Waals surface area contributed by atoms with Gasteiger partial charge in [0.2, 0.25) is 0 Å². The molecule has 0 aliphatic heterocycles. The van der Waals surface area contributed by atoms with E-state index < -0.39 is 0 Å². The zero-order valence-corrected chi connectivity index (χ0v) is 10.4. The normalized spacial score (nSPS) is 12.9. The smallest absolute Gasteiger partial charge is 0.197 e. The van der Waals surface area contributed by atoms with E-state index in [2.05, 4.69) is 17.0 Å². The van der Waals surface area contributed by atoms with Gasteiger partial charge in [-0.25, -0.2) is 4.98 Å². The van der Waals surface area contributed by atoms with E-state index in [0.717, 1.165) is 24.4 Å². The third kappa shape index (κ3) is 2.68. The number of aromatic nitrogens is 3. The number of nitrogens with zero attached hydrogens (tertiary/aromatic N) is 3. The first kappa shape index (κ1) is 12.1. The first-order valence-electron chi connectivity index (χ1n) is 5.57. The predicted octanol–water partition coefficient (Wildman–Crippen LogP) is 2.18. The number of halogens is 1. The van der Waals surface area contributed by atoms with Crippen molar-refractivity contribution in [3.63, 3.8) is 0 Å². The minimum absolute atomic E-state index is 0.221. The molecule has 0 radical (unpaired) electrons. The van der Waals surface area contributed by atoms with E-state index in [0.29, 0.717) is 11.6 Å². The summed E-state index contributed by atoms with van der Waals surface area (Å²) in [6.45, 7) is 2.94. The lowest BCUT2D eigenvalue weighted by atomic mass is 10.1. The highest BCUT2D eigenvalue weighted by Gasteiger charge is 2.16. The Morgan fingerprint density at radius 2 is 2.41 bits per heavy atom. The molecule has 2 aromatic heterocycles. The van der Waals surface area contributed by atoms with Gasteiger partial charge in [-0.1, -0.05) is 6.92 Å². The molecule has 0 fully saturated rings. The summed E-state index contributed by atoms with van der Waals surface area (Å²) in [5.74, 6) is 0.872. The molecule has 1 atom stereocenters. The van der Waals surface area contributed by atoms with Crippen LogP contribution in [0.15, 0.2) is 23.1 Å². The maximum Gasteiger partial charge on any atom is 0.197 e. The summed E-state index contributed by atoms with van der Waals surface area (Å²) >= 11 is 5.89. The van der Waals surface area contributed by atoms with Gasteiger partial charge in [-0.15, -0.1) is 0 Å². The van der Waals surface area contributed by atoms with Crippen LogP contribution in [0.3, 0.4) is 0 Å². The van der Waals surface area contributed by atoms with E-state index in [-0.39, 0.29) is 6.04 Å². The lowest BCUT2D eigenvalue weighted by Gasteiger charge is -2.10. The third-order valence-corrected chi connectivity index (χ3v) is 2.89. The summed E-state index contributed by atoms with van der Waals surface area (Å²) in [6.07, 6.45) is 4.69. The molecule has 2 N–H and O–H groups in total. The summed E-state index contributed by atoms with van der Waals surface area (Å²) in [5, 5.41) is 4.50. The van der Waals surface area contributed by atoms with Crippen LogP contribution in [0.4, 0.5) is 0 Å². The second kappa shape index (κ2) is 5.33. The fraction of sp³-hybridized carbons (Fsp3) is 0.455. The molecule has 5 nitrogen and oxygen atoms in total. The monoisotopic (exact) mass is 254 g/mol. The molecule has 6 heteroatoms. The first-order chi connectivity index (χ1) is 8.22. The second-order valence-electron chi connectivity index (χ2n) is 3.86. The third-order valence-electron chi connectivity index (χ3n) is 2.58. The molecule has 0 aromatic carbocycles. The van der Waals surface area contributed by atoms with Gasteiger partial charge in [0.05, 0.1) is 6.26 Å². The topological polar surface area (TPSA) is 69.9 Å². The highest BCUT2D eigenvalue weighted by Crippen LogP contribution is 2.24. The van der Waals surface area contributed by atoms with Crippen LogP contribution in [0.25, 0.3) is 0 Å². The molecule has 0 aliphatic rings. The Bertz CT molecular complexity index is 479. The van der Waals surface area contributed by atoms with Crippen LogP contribution in [0.2, 0.25) is 5.22 Å². The average molecular weight is 255 g/mol. The molecule has 0 spiro atoms. The van der Waals surface area contributed by atoms with Crippen LogP contribution in [0.5, 0.6) is 0 Å². The molecule has 0 amide bonds. The van der Waals surface area contributed by atoms with Crippen LogP contribution in [0, 0.1) is 0 Å². The van der Waals surface area contributed by atoms with Crippen LogP contribution in [-0.4, -0.2) is 14.8 Å². The van der Waals surface area contributed by atoms with Crippen molar-refractivity contribution in [1.29, 1.82) is 0 Å². The van der Waals surface area contributed by atoms with Crippen molar-refractivity contribution in [1.82, 2.24) is 14.8 Å². The van der Waals surface area contributed by atoms with Crippen molar-refractivity contribution in [2.24, 2.45) is 5.73 Å². The van der Waals surface area contributed by atoms with Gasteiger partial charge in [-0.2, -0.15) is 5.10 Å². The molecule has 0 bridgehead atoms. The molecule has 2 rings (SSSR count). The number of hydrogen-bond acceptors (Lipinski definition) is 4. The van der Waals surface area contributed by atoms with E-state index in [4.69, 9.17) is 21.8 Å². The Kier molecular flexibility index (Phi) is 3.81. The van der Waals surface area contributed by atoms with Crippen LogP contribution >= 0.6 is 11.6 Å². The minimum atomic E-state index is -0.221. The van der Waals surface area contributed by atoms with E-state index in [1.165, 1.54) is 6.26 Å². The molecule has 2 aromatic rings. The summed E-state index contributed by atoms with van der Waals surface area (Å²) < 4.78 is 6.89. The Labute approximate surface area is 105 Å². The van der Waals surface area contributed by atoms with Crippen LogP contribution < -0.4 is 5.73 Å². The molecule has 2 heterocycles. The van der Waals surface area contributed by atoms with Crippen molar-refractivity contribution in [3.05, 3.63) is 35.3 Å². The number of rotatable bonds is 5. The number of nitrogens with two attached hydrogens (primary N) is 1. The first-order valence-corrected chi connectivity index (χ1v) is 5.95. The standard InChI is InChI=1S/C11H15ClN4O/c1-2-4-16-10(14-7-15-16)6-9(13)8-3-5-17-11(8)12/h3,5,7,9H,2,4,6,13H2,1H3. The van der Waals surface area contributed by atoms with Crippen molar-refractivity contribution < 1.29 is 4.42 Å². The van der Waals surface area contributed by atoms with Crippen molar-refractivity contribution in [2.75, 3.05) is 0 Å². The fourth-order valence-electron chi connectivity index (χ4n) is 1.72. The van der Waals surface area contributed by atoms with E-state index >= 15 is 0 Å². The van der Waals surface area contributed by atoms with Crippen LogP contribution in [0.1, 0.15) is 30.8 Å². The van der Waals surface area contributed by atoms with Gasteiger partial charge in [0, 0.05) is 24.6 Å². The zero-order valence-electron chi connectivity index (χ0n) is 9.64. The van der Waals surface area contributed by atoms with E-state index in [9.17, 15) is 0 Å². The molecule has 92 valence electrons. The minimum Gasteiger partial charge on any atom is -0.453 e. The predicted molar refractivity (Wildman–Crippen MR) is 64.7 cm³/mol. The SMILES string of the molecule is CCCn1ncnc1CC(N)c1ccoc1Cl. The molecular formula is C11H15ClN4O. The van der Waals surface area contributed by atoms with Gasteiger partial charge in [0.25, 0.3) is 0 Å².